The largest absolute Gasteiger partial charge is 0.368 e. The third kappa shape index (κ3) is 4.74. The minimum Gasteiger partial charge on any atom is -0.368 e. The Bertz CT molecular complexity index is 1230. The second-order valence-corrected chi connectivity index (χ2v) is 9.02. The number of hydrogen-bond donors (Lipinski definition) is 1. The van der Waals surface area contributed by atoms with Crippen LogP contribution < -0.4 is 20.0 Å². The maximum Gasteiger partial charge on any atom is 0.290 e. The molecular weight excluding hydrogens is 448 g/mol. The van der Waals surface area contributed by atoms with Crippen LogP contribution in [0.25, 0.3) is 6.08 Å². The number of amides is 2. The molecule has 1 aromatic heterocycles. The number of nitrogens with one attached hydrogen (secondary N) is 1. The standard InChI is InChI=1S/C25H24N6O2S/c1-29(19-8-4-2-5-9-19)22-17-18(16-21-23(32)28-25(33)34-21)26-24(27-22)31-14-12-30(13-15-31)20-10-6-3-7-11-20/h2-11,16-17H,12-15H2,1H3,(H,28,32,33)/b21-16+. The van der Waals surface area contributed by atoms with Gasteiger partial charge in [-0.1, -0.05) is 36.4 Å². The van der Waals surface area contributed by atoms with Crippen molar-refractivity contribution >= 4 is 52.1 Å². The minimum atomic E-state index is -0.399. The van der Waals surface area contributed by atoms with Crippen molar-refractivity contribution in [1.29, 1.82) is 0 Å². The molecule has 0 radical (unpaired) electrons. The van der Waals surface area contributed by atoms with Gasteiger partial charge in [-0.05, 0) is 42.1 Å². The van der Waals surface area contributed by atoms with E-state index in [2.05, 4.69) is 39.4 Å². The van der Waals surface area contributed by atoms with Crippen LogP contribution in [0.5, 0.6) is 0 Å². The van der Waals surface area contributed by atoms with E-state index in [4.69, 9.17) is 9.97 Å². The summed E-state index contributed by atoms with van der Waals surface area (Å²) >= 11 is 0.886. The number of carbonyl (C=O) groups is 2. The molecule has 34 heavy (non-hydrogen) atoms. The number of rotatable bonds is 5. The molecule has 2 fully saturated rings. The molecule has 172 valence electrons. The second-order valence-electron chi connectivity index (χ2n) is 8.01. The lowest BCUT2D eigenvalue weighted by molar-refractivity contribution is -0.115. The fourth-order valence-electron chi connectivity index (χ4n) is 3.97. The van der Waals surface area contributed by atoms with Gasteiger partial charge < -0.3 is 14.7 Å². The van der Waals surface area contributed by atoms with Crippen LogP contribution in [0, 0.1) is 0 Å². The highest BCUT2D eigenvalue weighted by Gasteiger charge is 2.26. The molecule has 0 saturated carbocycles. The van der Waals surface area contributed by atoms with Gasteiger partial charge in [0.1, 0.15) is 5.82 Å². The second kappa shape index (κ2) is 9.56. The minimum absolute atomic E-state index is 0.330. The van der Waals surface area contributed by atoms with Crippen LogP contribution >= 0.6 is 11.8 Å². The van der Waals surface area contributed by atoms with E-state index in [1.807, 2.05) is 54.4 Å². The van der Waals surface area contributed by atoms with Crippen LogP contribution in [0.3, 0.4) is 0 Å². The van der Waals surface area contributed by atoms with Crippen LogP contribution in [0.15, 0.2) is 71.6 Å². The van der Waals surface area contributed by atoms with Gasteiger partial charge in [-0.3, -0.25) is 14.9 Å². The van der Waals surface area contributed by atoms with Gasteiger partial charge in [-0.2, -0.15) is 4.98 Å². The summed E-state index contributed by atoms with van der Waals surface area (Å²) in [5.41, 5.74) is 2.78. The fourth-order valence-corrected chi connectivity index (χ4v) is 4.64. The highest BCUT2D eigenvalue weighted by Crippen LogP contribution is 2.29. The first-order valence-corrected chi connectivity index (χ1v) is 11.9. The summed E-state index contributed by atoms with van der Waals surface area (Å²) in [5.74, 6) is 0.919. The summed E-state index contributed by atoms with van der Waals surface area (Å²) in [6, 6.07) is 22.2. The molecule has 2 aromatic carbocycles. The van der Waals surface area contributed by atoms with E-state index >= 15 is 0 Å². The lowest BCUT2D eigenvalue weighted by Gasteiger charge is -2.36. The van der Waals surface area contributed by atoms with Crippen LogP contribution in [-0.2, 0) is 4.79 Å². The normalized spacial score (nSPS) is 17.3. The lowest BCUT2D eigenvalue weighted by Crippen LogP contribution is -2.47. The molecule has 9 heteroatoms. The highest BCUT2D eigenvalue weighted by atomic mass is 32.2. The average Bonchev–Trinajstić information content (AvgIpc) is 3.20. The first kappa shape index (κ1) is 22.0. The van der Waals surface area contributed by atoms with E-state index in [1.54, 1.807) is 6.08 Å². The van der Waals surface area contributed by atoms with Crippen molar-refractivity contribution in [2.75, 3.05) is 47.9 Å². The Kier molecular flexibility index (Phi) is 6.18. The molecule has 2 amide bonds. The van der Waals surface area contributed by atoms with E-state index in [9.17, 15) is 9.59 Å². The molecule has 3 aromatic rings. The summed E-state index contributed by atoms with van der Waals surface area (Å²) in [6.45, 7) is 3.26. The summed E-state index contributed by atoms with van der Waals surface area (Å²) in [5, 5.41) is 1.92. The van der Waals surface area contributed by atoms with E-state index in [0.29, 0.717) is 22.4 Å². The molecule has 3 heterocycles. The average molecular weight is 473 g/mol. The quantitative estimate of drug-likeness (QED) is 0.560. The third-order valence-corrected chi connectivity index (χ3v) is 6.62. The molecule has 0 aliphatic carbocycles. The van der Waals surface area contributed by atoms with Crippen molar-refractivity contribution in [3.63, 3.8) is 0 Å². The Balaban J connectivity index is 1.45. The van der Waals surface area contributed by atoms with Crippen molar-refractivity contribution in [3.8, 4) is 0 Å². The van der Waals surface area contributed by atoms with Gasteiger partial charge in [0.25, 0.3) is 11.1 Å². The van der Waals surface area contributed by atoms with Crippen molar-refractivity contribution in [2.24, 2.45) is 0 Å². The SMILES string of the molecule is CN(c1ccccc1)c1cc(/C=C2/SC(=O)NC2=O)nc(N2CCN(c3ccccc3)CC2)n1. The number of para-hydroxylation sites is 2. The summed E-state index contributed by atoms with van der Waals surface area (Å²) in [4.78, 5) is 40.1. The van der Waals surface area contributed by atoms with E-state index in [0.717, 1.165) is 43.6 Å². The number of anilines is 4. The van der Waals surface area contributed by atoms with Gasteiger partial charge >= 0.3 is 0 Å². The molecule has 2 aliphatic rings. The number of carbonyl (C=O) groups excluding carboxylic acids is 2. The maximum absolute atomic E-state index is 12.1. The van der Waals surface area contributed by atoms with Crippen LogP contribution in [0.1, 0.15) is 5.69 Å². The number of imide groups is 1. The number of aromatic nitrogens is 2. The lowest BCUT2D eigenvalue weighted by atomic mass is 10.2. The zero-order valence-corrected chi connectivity index (χ0v) is 19.5. The van der Waals surface area contributed by atoms with Crippen molar-refractivity contribution in [1.82, 2.24) is 15.3 Å². The Morgan fingerprint density at radius 3 is 2.21 bits per heavy atom. The molecule has 8 nitrogen and oxygen atoms in total. The molecule has 5 rings (SSSR count). The summed E-state index contributed by atoms with van der Waals surface area (Å²) < 4.78 is 0. The summed E-state index contributed by atoms with van der Waals surface area (Å²) in [6.07, 6.45) is 1.65. The zero-order valence-electron chi connectivity index (χ0n) is 18.7. The van der Waals surface area contributed by atoms with Crippen molar-refractivity contribution in [3.05, 3.63) is 77.3 Å². The number of hydrogen-bond acceptors (Lipinski definition) is 8. The van der Waals surface area contributed by atoms with Gasteiger partial charge in [0.2, 0.25) is 5.95 Å². The monoisotopic (exact) mass is 472 g/mol. The molecule has 1 N–H and O–H groups in total. The number of thioether (sulfide) groups is 1. The van der Waals surface area contributed by atoms with Gasteiger partial charge in [-0.15, -0.1) is 0 Å². The topological polar surface area (TPSA) is 81.7 Å². The molecule has 0 atom stereocenters. The van der Waals surface area contributed by atoms with Crippen LogP contribution in [0.2, 0.25) is 0 Å². The summed E-state index contributed by atoms with van der Waals surface area (Å²) in [7, 11) is 1.95. The first-order chi connectivity index (χ1) is 16.6. The van der Waals surface area contributed by atoms with E-state index in [1.165, 1.54) is 5.69 Å². The molecule has 0 unspecified atom stereocenters. The molecule has 2 saturated heterocycles. The van der Waals surface area contributed by atoms with E-state index < -0.39 is 5.91 Å². The number of nitrogens with zero attached hydrogens (tertiary/aromatic N) is 5. The smallest absolute Gasteiger partial charge is 0.290 e. The molecular formula is C25H24N6O2S. The predicted molar refractivity (Wildman–Crippen MR) is 137 cm³/mol. The first-order valence-electron chi connectivity index (χ1n) is 11.0. The number of piperazine rings is 1. The van der Waals surface area contributed by atoms with Crippen LogP contribution in [0.4, 0.5) is 27.9 Å². The van der Waals surface area contributed by atoms with Crippen LogP contribution in [-0.4, -0.2) is 54.3 Å². The van der Waals surface area contributed by atoms with Gasteiger partial charge in [0.05, 0.1) is 10.6 Å². The van der Waals surface area contributed by atoms with Gasteiger partial charge in [-0.25, -0.2) is 4.98 Å². The highest BCUT2D eigenvalue weighted by molar-refractivity contribution is 8.18. The van der Waals surface area contributed by atoms with Crippen molar-refractivity contribution in [2.45, 2.75) is 0 Å². The molecule has 0 spiro atoms. The Morgan fingerprint density at radius 1 is 0.912 bits per heavy atom. The Morgan fingerprint density at radius 2 is 1.56 bits per heavy atom. The Hall–Kier alpha value is -3.85. The number of benzene rings is 2. The van der Waals surface area contributed by atoms with E-state index in [-0.39, 0.29) is 5.24 Å². The molecule has 0 bridgehead atoms. The fraction of sp³-hybridized carbons (Fsp3) is 0.200. The Labute approximate surface area is 202 Å². The van der Waals surface area contributed by atoms with Gasteiger partial charge in [0, 0.05) is 50.7 Å². The van der Waals surface area contributed by atoms with Crippen molar-refractivity contribution < 1.29 is 9.59 Å². The predicted octanol–water partition coefficient (Wildman–Crippen LogP) is 3.90. The molecule has 2 aliphatic heterocycles. The zero-order chi connectivity index (χ0) is 23.5. The maximum atomic E-state index is 12.1. The van der Waals surface area contributed by atoms with Gasteiger partial charge in [0.15, 0.2) is 0 Å². The third-order valence-electron chi connectivity index (χ3n) is 5.81.